The third kappa shape index (κ3) is 5.19. The molecule has 1 unspecified atom stereocenters. The van der Waals surface area contributed by atoms with Crippen molar-refractivity contribution in [3.63, 3.8) is 0 Å². The van der Waals surface area contributed by atoms with E-state index in [0.29, 0.717) is 6.54 Å². The number of anilines is 1. The molecule has 1 atom stereocenters. The van der Waals surface area contributed by atoms with E-state index in [0.717, 1.165) is 43.6 Å². The third-order valence-corrected chi connectivity index (χ3v) is 4.58. The zero-order chi connectivity index (χ0) is 19.2. The summed E-state index contributed by atoms with van der Waals surface area (Å²) in [6.07, 6.45) is 6.00. The predicted octanol–water partition coefficient (Wildman–Crippen LogP) is 1.25. The highest BCUT2D eigenvalue weighted by molar-refractivity contribution is 5.79. The van der Waals surface area contributed by atoms with Crippen LogP contribution in [0.2, 0.25) is 0 Å². The van der Waals surface area contributed by atoms with Crippen LogP contribution >= 0.6 is 0 Å². The second-order valence-corrected chi connectivity index (χ2v) is 6.93. The van der Waals surface area contributed by atoms with Gasteiger partial charge in [0.2, 0.25) is 0 Å². The zero-order valence-corrected chi connectivity index (χ0v) is 16.6. The molecule has 3 heterocycles. The average Bonchev–Trinajstić information content (AvgIpc) is 3.07. The molecule has 0 aliphatic carbocycles. The normalized spacial score (nSPS) is 17.9. The second-order valence-electron chi connectivity index (χ2n) is 6.93. The van der Waals surface area contributed by atoms with Gasteiger partial charge in [-0.2, -0.15) is 5.10 Å². The molecule has 27 heavy (non-hydrogen) atoms. The van der Waals surface area contributed by atoms with Crippen LogP contribution in [-0.4, -0.2) is 65.5 Å². The first-order valence-corrected chi connectivity index (χ1v) is 9.26. The van der Waals surface area contributed by atoms with Gasteiger partial charge in [0.1, 0.15) is 5.82 Å². The largest absolute Gasteiger partial charge is 0.375 e. The molecule has 0 spiro atoms. The SMILES string of the molecule is CN=C(NCc1ccnc(N2CCOC(C)C2)c1)N(C)Cc1cnn(C)c1. The standard InChI is InChI=1S/C19H29N7O/c1-15-12-26(7-8-27-15)18-9-16(5-6-21-18)10-22-19(20-2)24(3)13-17-11-23-25(4)14-17/h5-6,9,11,14-15H,7-8,10,12-13H2,1-4H3,(H,20,22). The zero-order valence-electron chi connectivity index (χ0n) is 16.6. The van der Waals surface area contributed by atoms with Crippen molar-refractivity contribution >= 4 is 11.8 Å². The molecule has 0 saturated carbocycles. The van der Waals surface area contributed by atoms with E-state index in [-0.39, 0.29) is 6.10 Å². The fraction of sp³-hybridized carbons (Fsp3) is 0.526. The molecule has 2 aromatic heterocycles. The number of rotatable bonds is 5. The number of guanidine groups is 1. The molecule has 1 saturated heterocycles. The van der Waals surface area contributed by atoms with E-state index < -0.39 is 0 Å². The smallest absolute Gasteiger partial charge is 0.193 e. The highest BCUT2D eigenvalue weighted by Gasteiger charge is 2.18. The number of pyridine rings is 1. The summed E-state index contributed by atoms with van der Waals surface area (Å²) in [5, 5.41) is 7.65. The number of hydrogen-bond acceptors (Lipinski definition) is 5. The number of aliphatic imine (C=N–C) groups is 1. The van der Waals surface area contributed by atoms with Gasteiger partial charge in [0.15, 0.2) is 5.96 Å². The van der Waals surface area contributed by atoms with E-state index in [1.807, 2.05) is 43.4 Å². The van der Waals surface area contributed by atoms with Gasteiger partial charge in [0.25, 0.3) is 0 Å². The molecular formula is C19H29N7O. The first-order valence-electron chi connectivity index (χ1n) is 9.26. The number of aryl methyl sites for hydroxylation is 1. The van der Waals surface area contributed by atoms with Gasteiger partial charge in [-0.25, -0.2) is 4.98 Å². The minimum Gasteiger partial charge on any atom is -0.375 e. The number of hydrogen-bond donors (Lipinski definition) is 1. The Morgan fingerprint density at radius 2 is 2.30 bits per heavy atom. The van der Waals surface area contributed by atoms with Crippen molar-refractivity contribution in [2.45, 2.75) is 26.1 Å². The molecular weight excluding hydrogens is 342 g/mol. The lowest BCUT2D eigenvalue weighted by atomic mass is 10.2. The van der Waals surface area contributed by atoms with Crippen LogP contribution in [-0.2, 0) is 24.9 Å². The lowest BCUT2D eigenvalue weighted by Gasteiger charge is -2.32. The summed E-state index contributed by atoms with van der Waals surface area (Å²) in [6, 6.07) is 4.17. The number of nitrogens with zero attached hydrogens (tertiary/aromatic N) is 6. The second kappa shape index (κ2) is 8.85. The summed E-state index contributed by atoms with van der Waals surface area (Å²) in [7, 11) is 5.75. The van der Waals surface area contributed by atoms with E-state index >= 15 is 0 Å². The van der Waals surface area contributed by atoms with Gasteiger partial charge in [-0.05, 0) is 24.6 Å². The summed E-state index contributed by atoms with van der Waals surface area (Å²) in [4.78, 5) is 13.3. The summed E-state index contributed by atoms with van der Waals surface area (Å²) in [6.45, 7) is 6.04. The lowest BCUT2D eigenvalue weighted by molar-refractivity contribution is 0.0529. The van der Waals surface area contributed by atoms with Gasteiger partial charge in [-0.1, -0.05) is 0 Å². The highest BCUT2D eigenvalue weighted by atomic mass is 16.5. The van der Waals surface area contributed by atoms with Gasteiger partial charge < -0.3 is 19.9 Å². The van der Waals surface area contributed by atoms with E-state index in [1.54, 1.807) is 7.05 Å². The summed E-state index contributed by atoms with van der Waals surface area (Å²) in [5.41, 5.74) is 2.32. The molecule has 1 N–H and O–H groups in total. The maximum Gasteiger partial charge on any atom is 0.193 e. The molecule has 1 aliphatic rings. The molecule has 0 amide bonds. The molecule has 0 bridgehead atoms. The van der Waals surface area contributed by atoms with Gasteiger partial charge in [0.05, 0.1) is 18.9 Å². The number of aromatic nitrogens is 3. The van der Waals surface area contributed by atoms with Crippen LogP contribution in [0.5, 0.6) is 0 Å². The average molecular weight is 371 g/mol. The van der Waals surface area contributed by atoms with Crippen LogP contribution in [0.4, 0.5) is 5.82 Å². The van der Waals surface area contributed by atoms with Crippen molar-refractivity contribution in [2.24, 2.45) is 12.0 Å². The van der Waals surface area contributed by atoms with E-state index in [2.05, 4.69) is 43.2 Å². The van der Waals surface area contributed by atoms with Crippen molar-refractivity contribution in [3.8, 4) is 0 Å². The summed E-state index contributed by atoms with van der Waals surface area (Å²) in [5.74, 6) is 1.85. The van der Waals surface area contributed by atoms with Gasteiger partial charge in [-0.3, -0.25) is 9.67 Å². The topological polar surface area (TPSA) is 70.8 Å². The molecule has 2 aromatic rings. The van der Waals surface area contributed by atoms with Crippen LogP contribution in [0.25, 0.3) is 0 Å². The molecule has 0 aromatic carbocycles. The van der Waals surface area contributed by atoms with Crippen LogP contribution in [0.15, 0.2) is 35.7 Å². The molecule has 0 radical (unpaired) electrons. The Labute approximate surface area is 160 Å². The molecule has 146 valence electrons. The van der Waals surface area contributed by atoms with Gasteiger partial charge in [-0.15, -0.1) is 0 Å². The maximum atomic E-state index is 5.62. The number of morpholine rings is 1. The Morgan fingerprint density at radius 1 is 1.44 bits per heavy atom. The fourth-order valence-corrected chi connectivity index (χ4v) is 3.24. The van der Waals surface area contributed by atoms with Gasteiger partial charge in [0, 0.05) is 65.3 Å². The quantitative estimate of drug-likeness (QED) is 0.630. The molecule has 8 heteroatoms. The van der Waals surface area contributed by atoms with Crippen molar-refractivity contribution in [3.05, 3.63) is 41.9 Å². The minimum absolute atomic E-state index is 0.238. The highest BCUT2D eigenvalue weighted by Crippen LogP contribution is 2.16. The van der Waals surface area contributed by atoms with Crippen molar-refractivity contribution in [1.82, 2.24) is 25.0 Å². The first-order chi connectivity index (χ1) is 13.0. The fourth-order valence-electron chi connectivity index (χ4n) is 3.24. The Hall–Kier alpha value is -2.61. The molecule has 3 rings (SSSR count). The molecule has 1 fully saturated rings. The number of nitrogens with one attached hydrogen (secondary N) is 1. The predicted molar refractivity (Wildman–Crippen MR) is 107 cm³/mol. The van der Waals surface area contributed by atoms with Crippen LogP contribution in [0.1, 0.15) is 18.1 Å². The van der Waals surface area contributed by atoms with Crippen LogP contribution < -0.4 is 10.2 Å². The summed E-state index contributed by atoms with van der Waals surface area (Å²) < 4.78 is 7.43. The van der Waals surface area contributed by atoms with Crippen molar-refractivity contribution < 1.29 is 4.74 Å². The Morgan fingerprint density at radius 3 is 3.00 bits per heavy atom. The van der Waals surface area contributed by atoms with Gasteiger partial charge >= 0.3 is 0 Å². The molecule has 1 aliphatic heterocycles. The van der Waals surface area contributed by atoms with E-state index in [1.165, 1.54) is 5.56 Å². The van der Waals surface area contributed by atoms with Crippen LogP contribution in [0.3, 0.4) is 0 Å². The molecule has 8 nitrogen and oxygen atoms in total. The summed E-state index contributed by atoms with van der Waals surface area (Å²) >= 11 is 0. The maximum absolute atomic E-state index is 5.62. The Bertz CT molecular complexity index is 773. The third-order valence-electron chi connectivity index (χ3n) is 4.58. The Kier molecular flexibility index (Phi) is 6.28. The van der Waals surface area contributed by atoms with E-state index in [9.17, 15) is 0 Å². The number of ether oxygens (including phenoxy) is 1. The Balaban J connectivity index is 1.58. The first kappa shape index (κ1) is 19.2. The van der Waals surface area contributed by atoms with Crippen molar-refractivity contribution in [1.29, 1.82) is 0 Å². The monoisotopic (exact) mass is 371 g/mol. The minimum atomic E-state index is 0.238. The van der Waals surface area contributed by atoms with Crippen LogP contribution in [0, 0.1) is 0 Å². The van der Waals surface area contributed by atoms with Crippen molar-refractivity contribution in [2.75, 3.05) is 38.7 Å². The lowest BCUT2D eigenvalue weighted by Crippen LogP contribution is -2.41. The van der Waals surface area contributed by atoms with E-state index in [4.69, 9.17) is 4.74 Å².